The summed E-state index contributed by atoms with van der Waals surface area (Å²) in [5, 5.41) is 21.1. The highest BCUT2D eigenvalue weighted by Crippen LogP contribution is 2.41. The summed E-state index contributed by atoms with van der Waals surface area (Å²) < 4.78 is 17.4. The average molecular weight is 715 g/mol. The van der Waals surface area contributed by atoms with E-state index in [4.69, 9.17) is 0 Å². The summed E-state index contributed by atoms with van der Waals surface area (Å²) in [5.41, 5.74) is 2.48. The van der Waals surface area contributed by atoms with Gasteiger partial charge < -0.3 is 20.7 Å². The Bertz CT molecular complexity index is 2140. The number of aromatic amines is 2. The summed E-state index contributed by atoms with van der Waals surface area (Å²) in [5.74, 6) is -1.54. The molecule has 13 nitrogen and oxygen atoms in total. The van der Waals surface area contributed by atoms with Crippen LogP contribution in [0.15, 0.2) is 50.8 Å². The molecule has 0 spiro atoms. The van der Waals surface area contributed by atoms with Crippen molar-refractivity contribution in [1.29, 1.82) is 0 Å². The standard InChI is InChI=1S/C38H47FN8O5/c1-22-6-9-26(16-23(22)2)41-32-19-33(48)47(38(52)43-32)12-5-4-11-44-14-15-46(45-13-10-40-24(3)20-45)21-31(44)27-18-30-28(17-29(27)39)36(49)34(37(50)51)35(42-30)25-7-8-25/h6,9,16-19,24-25,31,40-41H,4-5,7-8,10-15,20-21H2,1-3H3,(H,42,49)(H,43,52)(H,50,51)/t24?,31-/m1/s1. The number of aromatic carboxylic acids is 1. The Morgan fingerprint density at radius 1 is 0.942 bits per heavy atom. The van der Waals surface area contributed by atoms with Crippen LogP contribution in [0.4, 0.5) is 15.9 Å². The van der Waals surface area contributed by atoms with E-state index < -0.39 is 28.5 Å². The van der Waals surface area contributed by atoms with Crippen molar-refractivity contribution < 1.29 is 14.3 Å². The number of aryl methyl sites for hydroxylation is 2. The molecular weight excluding hydrogens is 667 g/mol. The molecule has 52 heavy (non-hydrogen) atoms. The lowest BCUT2D eigenvalue weighted by atomic mass is 9.98. The van der Waals surface area contributed by atoms with Crippen LogP contribution in [0.25, 0.3) is 10.9 Å². The Hall–Kier alpha value is -4.63. The van der Waals surface area contributed by atoms with Crippen molar-refractivity contribution in [3.63, 3.8) is 0 Å². The number of benzene rings is 2. The van der Waals surface area contributed by atoms with Gasteiger partial charge in [-0.05, 0) is 88.4 Å². The molecule has 2 atom stereocenters. The molecule has 7 rings (SSSR count). The molecule has 2 saturated heterocycles. The van der Waals surface area contributed by atoms with Crippen molar-refractivity contribution in [1.82, 2.24) is 34.8 Å². The van der Waals surface area contributed by atoms with Gasteiger partial charge in [-0.1, -0.05) is 6.07 Å². The van der Waals surface area contributed by atoms with E-state index in [1.165, 1.54) is 16.7 Å². The van der Waals surface area contributed by atoms with Crippen molar-refractivity contribution in [3.05, 3.63) is 101 Å². The molecule has 0 bridgehead atoms. The second kappa shape index (κ2) is 14.8. The van der Waals surface area contributed by atoms with Crippen LogP contribution in [0.5, 0.6) is 0 Å². The predicted octanol–water partition coefficient (Wildman–Crippen LogP) is 3.80. The molecule has 2 aromatic carbocycles. The minimum Gasteiger partial charge on any atom is -0.477 e. The van der Waals surface area contributed by atoms with Crippen molar-refractivity contribution in [2.75, 3.05) is 51.1 Å². The molecule has 1 unspecified atom stereocenters. The van der Waals surface area contributed by atoms with Crippen LogP contribution in [0.2, 0.25) is 0 Å². The van der Waals surface area contributed by atoms with E-state index in [9.17, 15) is 24.3 Å². The molecule has 2 aromatic heterocycles. The first kappa shape index (κ1) is 35.8. The molecule has 0 amide bonds. The van der Waals surface area contributed by atoms with Crippen LogP contribution in [0.3, 0.4) is 0 Å². The van der Waals surface area contributed by atoms with Gasteiger partial charge >= 0.3 is 11.7 Å². The Morgan fingerprint density at radius 3 is 2.42 bits per heavy atom. The second-order valence-corrected chi connectivity index (χ2v) is 14.6. The fourth-order valence-corrected chi connectivity index (χ4v) is 7.65. The zero-order chi connectivity index (χ0) is 36.7. The lowest BCUT2D eigenvalue weighted by Gasteiger charge is -2.48. The number of anilines is 2. The second-order valence-electron chi connectivity index (χ2n) is 14.6. The summed E-state index contributed by atoms with van der Waals surface area (Å²) >= 11 is 0. The number of nitrogens with zero attached hydrogens (tertiary/aromatic N) is 4. The number of piperazine rings is 2. The highest BCUT2D eigenvalue weighted by molar-refractivity contribution is 5.94. The van der Waals surface area contributed by atoms with Gasteiger partial charge in [0.25, 0.3) is 5.56 Å². The number of aromatic nitrogens is 3. The number of carbonyl (C=O) groups is 1. The van der Waals surface area contributed by atoms with E-state index in [0.717, 1.165) is 55.8 Å². The van der Waals surface area contributed by atoms with E-state index in [2.05, 4.69) is 42.4 Å². The number of H-pyrrole nitrogens is 2. The van der Waals surface area contributed by atoms with E-state index in [0.29, 0.717) is 61.1 Å². The zero-order valence-corrected chi connectivity index (χ0v) is 29.9. The first-order valence-corrected chi connectivity index (χ1v) is 18.2. The Labute approximate surface area is 300 Å². The van der Waals surface area contributed by atoms with Gasteiger partial charge in [-0.25, -0.2) is 24.0 Å². The highest BCUT2D eigenvalue weighted by atomic mass is 19.1. The van der Waals surface area contributed by atoms with Gasteiger partial charge in [0.05, 0.1) is 11.6 Å². The van der Waals surface area contributed by atoms with Crippen molar-refractivity contribution >= 4 is 28.4 Å². The highest BCUT2D eigenvalue weighted by Gasteiger charge is 2.35. The van der Waals surface area contributed by atoms with Crippen molar-refractivity contribution in [2.24, 2.45) is 0 Å². The Kier molecular flexibility index (Phi) is 10.2. The van der Waals surface area contributed by atoms with Crippen LogP contribution in [0, 0.1) is 19.7 Å². The number of unbranched alkanes of at least 4 members (excludes halogenated alkanes) is 1. The molecule has 5 N–H and O–H groups in total. The minimum atomic E-state index is -1.30. The molecule has 4 aromatic rings. The summed E-state index contributed by atoms with van der Waals surface area (Å²) in [7, 11) is 0. The summed E-state index contributed by atoms with van der Waals surface area (Å²) in [6, 6.07) is 10.1. The summed E-state index contributed by atoms with van der Waals surface area (Å²) in [6.45, 7) is 11.5. The Balaban J connectivity index is 1.10. The molecule has 0 radical (unpaired) electrons. The van der Waals surface area contributed by atoms with Crippen molar-refractivity contribution in [2.45, 2.75) is 71.0 Å². The third-order valence-corrected chi connectivity index (χ3v) is 10.8. The van der Waals surface area contributed by atoms with Gasteiger partial charge in [0.2, 0.25) is 5.43 Å². The number of rotatable bonds is 11. The van der Waals surface area contributed by atoms with Crippen LogP contribution in [-0.4, -0.2) is 92.4 Å². The first-order valence-electron chi connectivity index (χ1n) is 18.2. The number of pyridine rings is 1. The van der Waals surface area contributed by atoms with Crippen LogP contribution >= 0.6 is 0 Å². The lowest BCUT2D eigenvalue weighted by Crippen LogP contribution is -2.61. The van der Waals surface area contributed by atoms with E-state index in [1.807, 2.05) is 32.0 Å². The number of fused-ring (bicyclic) bond motifs is 1. The number of hydrogen-bond acceptors (Lipinski definition) is 9. The number of nitrogens with one attached hydrogen (secondary N) is 4. The fourth-order valence-electron chi connectivity index (χ4n) is 7.65. The molecule has 276 valence electrons. The monoisotopic (exact) mass is 714 g/mol. The summed E-state index contributed by atoms with van der Waals surface area (Å²) in [6.07, 6.45) is 2.83. The Morgan fingerprint density at radius 2 is 1.71 bits per heavy atom. The van der Waals surface area contributed by atoms with Gasteiger partial charge in [-0.2, -0.15) is 0 Å². The maximum absolute atomic E-state index is 16.1. The SMILES string of the molecule is Cc1ccc(Nc2cc(=O)n(CCCCN3CCN(N4CCNC(C)C4)C[C@@H]3c3cc4[nH]c(C5CC5)c(C(=O)O)c(=O)c4cc3F)c(=O)[nH]2)cc1C. The lowest BCUT2D eigenvalue weighted by molar-refractivity contribution is -0.0908. The molecule has 1 saturated carbocycles. The van der Waals surface area contributed by atoms with E-state index >= 15 is 4.39 Å². The fraction of sp³-hybridized carbons (Fsp3) is 0.474. The van der Waals surface area contributed by atoms with Gasteiger partial charge in [0, 0.05) is 86.2 Å². The number of carboxylic acid groups (broad SMARTS) is 1. The molecule has 3 fully saturated rings. The van der Waals surface area contributed by atoms with E-state index in [-0.39, 0.29) is 29.5 Å². The maximum atomic E-state index is 16.1. The molecule has 1 aliphatic carbocycles. The molecule has 14 heteroatoms. The zero-order valence-electron chi connectivity index (χ0n) is 29.9. The minimum absolute atomic E-state index is 0.0160. The predicted molar refractivity (Wildman–Crippen MR) is 198 cm³/mol. The maximum Gasteiger partial charge on any atom is 0.341 e. The first-order chi connectivity index (χ1) is 25.0. The number of hydrogen-bond donors (Lipinski definition) is 5. The largest absolute Gasteiger partial charge is 0.477 e. The number of halogens is 1. The topological polar surface area (TPSA) is 159 Å². The molecule has 4 heterocycles. The third kappa shape index (κ3) is 7.47. The number of hydrazine groups is 1. The van der Waals surface area contributed by atoms with Gasteiger partial charge in [-0.3, -0.25) is 24.0 Å². The smallest absolute Gasteiger partial charge is 0.341 e. The summed E-state index contributed by atoms with van der Waals surface area (Å²) in [4.78, 5) is 59.6. The van der Waals surface area contributed by atoms with Gasteiger partial charge in [0.1, 0.15) is 17.2 Å². The molecule has 2 aliphatic heterocycles. The van der Waals surface area contributed by atoms with Crippen LogP contribution in [0.1, 0.15) is 77.3 Å². The van der Waals surface area contributed by atoms with Gasteiger partial charge in [0.15, 0.2) is 0 Å². The van der Waals surface area contributed by atoms with E-state index in [1.54, 1.807) is 6.07 Å². The quantitative estimate of drug-likeness (QED) is 0.145. The third-order valence-electron chi connectivity index (χ3n) is 10.8. The molecular formula is C38H47FN8O5. The molecule has 3 aliphatic rings. The van der Waals surface area contributed by atoms with Crippen LogP contribution < -0.4 is 27.3 Å². The van der Waals surface area contributed by atoms with Crippen molar-refractivity contribution in [3.8, 4) is 0 Å². The normalized spacial score (nSPS) is 20.4. The number of carboxylic acids is 1. The average Bonchev–Trinajstić information content (AvgIpc) is 3.95. The van der Waals surface area contributed by atoms with Crippen LogP contribution in [-0.2, 0) is 6.54 Å². The van der Waals surface area contributed by atoms with Gasteiger partial charge in [-0.15, -0.1) is 0 Å².